The number of rotatable bonds is 5. The monoisotopic (exact) mass is 220 g/mol. The molecule has 16 heavy (non-hydrogen) atoms. The number of carbonyl (C=O) groups is 1. The van der Waals surface area contributed by atoms with Gasteiger partial charge in [-0.05, 0) is 18.6 Å². The number of carbonyl (C=O) groups excluding carboxylic acids is 1. The molecule has 0 fully saturated rings. The van der Waals surface area contributed by atoms with Gasteiger partial charge in [0.25, 0.3) is 11.6 Å². The highest BCUT2D eigenvalue weighted by Crippen LogP contribution is 2.11. The highest BCUT2D eigenvalue weighted by atomic mass is 16.6. The van der Waals surface area contributed by atoms with E-state index in [9.17, 15) is 14.9 Å². The van der Waals surface area contributed by atoms with E-state index in [2.05, 4.69) is 11.9 Å². The van der Waals surface area contributed by atoms with Gasteiger partial charge >= 0.3 is 0 Å². The smallest absolute Gasteiger partial charge is 0.269 e. The van der Waals surface area contributed by atoms with E-state index in [0.29, 0.717) is 18.5 Å². The van der Waals surface area contributed by atoms with Gasteiger partial charge in [-0.25, -0.2) is 0 Å². The van der Waals surface area contributed by atoms with Crippen LogP contribution < -0.4 is 5.32 Å². The van der Waals surface area contributed by atoms with Gasteiger partial charge in [0.1, 0.15) is 0 Å². The molecule has 1 aromatic rings. The maximum absolute atomic E-state index is 11.5. The number of nitro benzene ring substituents is 1. The topological polar surface area (TPSA) is 72.2 Å². The summed E-state index contributed by atoms with van der Waals surface area (Å²) >= 11 is 0. The quantitative estimate of drug-likeness (QED) is 0.356. The highest BCUT2D eigenvalue weighted by Gasteiger charge is 2.08. The molecule has 0 unspecified atom stereocenters. The number of nitrogens with one attached hydrogen (secondary N) is 1. The Morgan fingerprint density at radius 3 is 2.56 bits per heavy atom. The number of hydrogen-bond donors (Lipinski definition) is 1. The first-order valence-electron chi connectivity index (χ1n) is 4.78. The van der Waals surface area contributed by atoms with E-state index >= 15 is 0 Å². The Morgan fingerprint density at radius 2 is 2.06 bits per heavy atom. The van der Waals surface area contributed by atoms with Gasteiger partial charge in [0, 0.05) is 24.2 Å². The van der Waals surface area contributed by atoms with Crippen LogP contribution in [0, 0.1) is 10.1 Å². The Labute approximate surface area is 92.9 Å². The van der Waals surface area contributed by atoms with Crippen LogP contribution in [0.2, 0.25) is 0 Å². The van der Waals surface area contributed by atoms with E-state index in [4.69, 9.17) is 0 Å². The normalized spacial score (nSPS) is 9.50. The molecule has 0 atom stereocenters. The van der Waals surface area contributed by atoms with Crippen LogP contribution in [0.3, 0.4) is 0 Å². The zero-order valence-corrected chi connectivity index (χ0v) is 8.68. The van der Waals surface area contributed by atoms with Crippen molar-refractivity contribution in [3.8, 4) is 0 Å². The molecule has 0 saturated carbocycles. The van der Waals surface area contributed by atoms with Crippen molar-refractivity contribution in [3.63, 3.8) is 0 Å². The van der Waals surface area contributed by atoms with Crippen LogP contribution in [0.1, 0.15) is 16.8 Å². The minimum atomic E-state index is -0.501. The van der Waals surface area contributed by atoms with Crippen molar-refractivity contribution in [1.82, 2.24) is 5.32 Å². The third kappa shape index (κ3) is 3.20. The lowest BCUT2D eigenvalue weighted by Gasteiger charge is -2.02. The summed E-state index contributed by atoms with van der Waals surface area (Å²) < 4.78 is 0. The number of amides is 1. The van der Waals surface area contributed by atoms with Gasteiger partial charge in [-0.15, -0.1) is 6.58 Å². The number of benzene rings is 1. The standard InChI is InChI=1S/C11H12N2O3/c1-2-3-8-12-11(14)9-4-6-10(7-5-9)13(15)16/h2,4-7H,1,3,8H2,(H,12,14). The minimum absolute atomic E-state index is 0.0253. The lowest BCUT2D eigenvalue weighted by atomic mass is 10.2. The highest BCUT2D eigenvalue weighted by molar-refractivity contribution is 5.94. The number of nitro groups is 1. The Balaban J connectivity index is 2.63. The average molecular weight is 220 g/mol. The molecule has 0 radical (unpaired) electrons. The molecule has 0 bridgehead atoms. The summed E-state index contributed by atoms with van der Waals surface area (Å²) in [5.41, 5.74) is 0.386. The summed E-state index contributed by atoms with van der Waals surface area (Å²) in [5.74, 6) is -0.239. The van der Waals surface area contributed by atoms with Crippen molar-refractivity contribution in [3.05, 3.63) is 52.6 Å². The second-order valence-corrected chi connectivity index (χ2v) is 3.14. The second-order valence-electron chi connectivity index (χ2n) is 3.14. The first kappa shape index (κ1) is 11.9. The molecular formula is C11H12N2O3. The van der Waals surface area contributed by atoms with E-state index in [0.717, 1.165) is 0 Å². The molecule has 0 aromatic heterocycles. The van der Waals surface area contributed by atoms with Crippen LogP contribution in [0.4, 0.5) is 5.69 Å². The van der Waals surface area contributed by atoms with Crippen LogP contribution in [0.5, 0.6) is 0 Å². The zero-order chi connectivity index (χ0) is 12.0. The Kier molecular flexibility index (Phi) is 4.20. The van der Waals surface area contributed by atoms with Gasteiger partial charge in [-0.1, -0.05) is 6.08 Å². The zero-order valence-electron chi connectivity index (χ0n) is 8.68. The summed E-state index contributed by atoms with van der Waals surface area (Å²) in [6.07, 6.45) is 2.40. The molecule has 1 amide bonds. The predicted octanol–water partition coefficient (Wildman–Crippen LogP) is 1.90. The average Bonchev–Trinajstić information content (AvgIpc) is 2.29. The maximum Gasteiger partial charge on any atom is 0.269 e. The molecule has 0 aliphatic rings. The van der Waals surface area contributed by atoms with Crippen molar-refractivity contribution in [2.24, 2.45) is 0 Å². The molecule has 0 heterocycles. The molecule has 0 aliphatic carbocycles. The fourth-order valence-electron chi connectivity index (χ4n) is 1.12. The molecule has 0 saturated heterocycles. The van der Waals surface area contributed by atoms with Crippen molar-refractivity contribution in [1.29, 1.82) is 0 Å². The summed E-state index contributed by atoms with van der Waals surface area (Å²) in [6, 6.07) is 5.48. The summed E-state index contributed by atoms with van der Waals surface area (Å²) in [4.78, 5) is 21.4. The first-order chi connectivity index (χ1) is 7.65. The van der Waals surface area contributed by atoms with Gasteiger partial charge < -0.3 is 5.32 Å². The molecular weight excluding hydrogens is 208 g/mol. The number of hydrogen-bond acceptors (Lipinski definition) is 3. The first-order valence-corrected chi connectivity index (χ1v) is 4.78. The van der Waals surface area contributed by atoms with Crippen molar-refractivity contribution in [2.75, 3.05) is 6.54 Å². The molecule has 1 aromatic carbocycles. The van der Waals surface area contributed by atoms with E-state index in [-0.39, 0.29) is 11.6 Å². The predicted molar refractivity (Wildman–Crippen MR) is 60.2 cm³/mol. The fraction of sp³-hybridized carbons (Fsp3) is 0.182. The number of nitrogens with zero attached hydrogens (tertiary/aromatic N) is 1. The van der Waals surface area contributed by atoms with E-state index in [1.54, 1.807) is 6.08 Å². The van der Waals surface area contributed by atoms with E-state index < -0.39 is 4.92 Å². The molecule has 1 rings (SSSR count). The minimum Gasteiger partial charge on any atom is -0.352 e. The Morgan fingerprint density at radius 1 is 1.44 bits per heavy atom. The fourth-order valence-corrected chi connectivity index (χ4v) is 1.12. The Bertz CT molecular complexity index is 398. The van der Waals surface area contributed by atoms with Crippen LogP contribution in [0.25, 0.3) is 0 Å². The lowest BCUT2D eigenvalue weighted by molar-refractivity contribution is -0.384. The summed E-state index contributed by atoms with van der Waals surface area (Å²) in [5, 5.41) is 13.1. The van der Waals surface area contributed by atoms with Crippen LogP contribution >= 0.6 is 0 Å². The SMILES string of the molecule is C=CCCNC(=O)c1ccc([N+](=O)[O-])cc1. The van der Waals surface area contributed by atoms with Gasteiger partial charge in [-0.3, -0.25) is 14.9 Å². The lowest BCUT2D eigenvalue weighted by Crippen LogP contribution is -2.23. The van der Waals surface area contributed by atoms with Gasteiger partial charge in [0.15, 0.2) is 0 Å². The third-order valence-corrected chi connectivity index (χ3v) is 1.97. The molecule has 0 spiro atoms. The van der Waals surface area contributed by atoms with Crippen LogP contribution in [-0.2, 0) is 0 Å². The van der Waals surface area contributed by atoms with E-state index in [1.807, 2.05) is 0 Å². The van der Waals surface area contributed by atoms with Crippen molar-refractivity contribution in [2.45, 2.75) is 6.42 Å². The summed E-state index contributed by atoms with van der Waals surface area (Å²) in [7, 11) is 0. The second kappa shape index (κ2) is 5.65. The van der Waals surface area contributed by atoms with Gasteiger partial charge in [0.05, 0.1) is 4.92 Å². The van der Waals surface area contributed by atoms with Gasteiger partial charge in [0.2, 0.25) is 0 Å². The van der Waals surface area contributed by atoms with Crippen molar-refractivity contribution < 1.29 is 9.72 Å². The number of non-ortho nitro benzene ring substituents is 1. The van der Waals surface area contributed by atoms with Crippen LogP contribution in [0.15, 0.2) is 36.9 Å². The summed E-state index contributed by atoms with van der Waals surface area (Å²) in [6.45, 7) is 4.05. The third-order valence-electron chi connectivity index (χ3n) is 1.97. The van der Waals surface area contributed by atoms with Crippen LogP contribution in [-0.4, -0.2) is 17.4 Å². The molecule has 84 valence electrons. The van der Waals surface area contributed by atoms with Gasteiger partial charge in [-0.2, -0.15) is 0 Å². The maximum atomic E-state index is 11.5. The molecule has 1 N–H and O–H groups in total. The molecule has 5 nitrogen and oxygen atoms in total. The van der Waals surface area contributed by atoms with Crippen molar-refractivity contribution >= 4 is 11.6 Å². The van der Waals surface area contributed by atoms with E-state index in [1.165, 1.54) is 24.3 Å². The largest absolute Gasteiger partial charge is 0.352 e. The Hall–Kier alpha value is -2.17. The molecule has 5 heteroatoms. The molecule has 0 aliphatic heterocycles.